The Kier molecular flexibility index (Phi) is 8.45. The molecule has 1 saturated carbocycles. The summed E-state index contributed by atoms with van der Waals surface area (Å²) in [5.74, 6) is -1.03. The summed E-state index contributed by atoms with van der Waals surface area (Å²) in [6.45, 7) is 6.76. The molecule has 0 bridgehead atoms. The van der Waals surface area contributed by atoms with Gasteiger partial charge < -0.3 is 20.4 Å². The van der Waals surface area contributed by atoms with E-state index in [1.807, 2.05) is 0 Å². The number of carbonyl (C=O) groups is 1. The average molecular weight is 421 g/mol. The molecule has 0 atom stereocenters. The van der Waals surface area contributed by atoms with Gasteiger partial charge in [-0.2, -0.15) is 0 Å². The highest BCUT2D eigenvalue weighted by molar-refractivity contribution is 5.77. The molecule has 5 nitrogen and oxygen atoms in total. The lowest BCUT2D eigenvalue weighted by atomic mass is 9.89. The van der Waals surface area contributed by atoms with Crippen LogP contribution in [0.15, 0.2) is 6.07 Å². The molecular formula is C25H40O5. The lowest BCUT2D eigenvalue weighted by Gasteiger charge is -2.18. The van der Waals surface area contributed by atoms with Crippen molar-refractivity contribution in [3.8, 4) is 17.2 Å². The molecule has 170 valence electrons. The molecule has 0 aliphatic heterocycles. The highest BCUT2D eigenvalue weighted by Crippen LogP contribution is 2.50. The van der Waals surface area contributed by atoms with Gasteiger partial charge in [0, 0.05) is 17.2 Å². The highest BCUT2D eigenvalue weighted by Gasteiger charge is 2.49. The second-order valence-corrected chi connectivity index (χ2v) is 10.3. The molecule has 0 aromatic heterocycles. The number of rotatable bonds is 13. The largest absolute Gasteiger partial charge is 0.508 e. The first-order valence-electron chi connectivity index (χ1n) is 11.5. The molecule has 0 amide bonds. The van der Waals surface area contributed by atoms with E-state index in [2.05, 4.69) is 20.8 Å². The van der Waals surface area contributed by atoms with E-state index in [1.165, 1.54) is 18.9 Å². The van der Waals surface area contributed by atoms with Crippen molar-refractivity contribution in [2.75, 3.05) is 0 Å². The molecule has 1 fully saturated rings. The number of hydrogen-bond donors (Lipinski definition) is 4. The lowest BCUT2D eigenvalue weighted by Crippen LogP contribution is -2.14. The maximum Gasteiger partial charge on any atom is 0.309 e. The predicted octanol–water partition coefficient (Wildman–Crippen LogP) is 6.31. The third-order valence-electron chi connectivity index (χ3n) is 6.47. The van der Waals surface area contributed by atoms with Crippen molar-refractivity contribution in [1.29, 1.82) is 0 Å². The molecule has 1 aliphatic rings. The number of phenolic OH excluding ortho intramolecular Hbond substituents is 3. The molecule has 1 aromatic carbocycles. The molecule has 2 rings (SSSR count). The van der Waals surface area contributed by atoms with Crippen LogP contribution >= 0.6 is 0 Å². The minimum absolute atomic E-state index is 0.0535. The van der Waals surface area contributed by atoms with Crippen LogP contribution < -0.4 is 0 Å². The fraction of sp³-hybridized carbons (Fsp3) is 0.720. The molecule has 0 heterocycles. The van der Waals surface area contributed by atoms with Crippen LogP contribution in [-0.2, 0) is 17.6 Å². The number of hydrogen-bond acceptors (Lipinski definition) is 4. The summed E-state index contributed by atoms with van der Waals surface area (Å²) in [6.07, 6.45) is 11.6. The smallest absolute Gasteiger partial charge is 0.309 e. The van der Waals surface area contributed by atoms with Crippen LogP contribution in [0.3, 0.4) is 0 Å². The highest BCUT2D eigenvalue weighted by atomic mass is 16.4. The standard InChI is InChI=1S/C25H40O5/c1-24(2,3)13-9-5-4-7-11-18-19(22(28)21(27)17-20(18)26)12-8-6-10-14-25(15-16-25)23(29)30/h17,26-28H,4-16H2,1-3H3,(H,29,30). The normalized spacial score (nSPS) is 15.3. The number of benzene rings is 1. The van der Waals surface area contributed by atoms with Crippen LogP contribution in [0.4, 0.5) is 0 Å². The first-order chi connectivity index (χ1) is 14.1. The predicted molar refractivity (Wildman–Crippen MR) is 119 cm³/mol. The first-order valence-corrected chi connectivity index (χ1v) is 11.5. The maximum absolute atomic E-state index is 11.3. The first kappa shape index (κ1) is 24.4. The number of carboxylic acid groups (broad SMARTS) is 1. The average Bonchev–Trinajstić information content (AvgIpc) is 3.43. The number of aromatic hydroxyl groups is 3. The Morgan fingerprint density at radius 3 is 2.00 bits per heavy atom. The Bertz CT molecular complexity index is 713. The molecule has 0 spiro atoms. The van der Waals surface area contributed by atoms with Crippen molar-refractivity contribution >= 4 is 5.97 Å². The Morgan fingerprint density at radius 2 is 1.43 bits per heavy atom. The maximum atomic E-state index is 11.3. The summed E-state index contributed by atoms with van der Waals surface area (Å²) in [5, 5.41) is 39.9. The molecule has 0 radical (unpaired) electrons. The van der Waals surface area contributed by atoms with Gasteiger partial charge in [0.2, 0.25) is 0 Å². The van der Waals surface area contributed by atoms with Crippen molar-refractivity contribution in [3.05, 3.63) is 17.2 Å². The number of unbranched alkanes of at least 4 members (excludes halogenated alkanes) is 5. The minimum atomic E-state index is -0.678. The van der Waals surface area contributed by atoms with Gasteiger partial charge in [-0.1, -0.05) is 52.9 Å². The van der Waals surface area contributed by atoms with E-state index < -0.39 is 11.4 Å². The third-order valence-corrected chi connectivity index (χ3v) is 6.47. The monoisotopic (exact) mass is 420 g/mol. The molecular weight excluding hydrogens is 380 g/mol. The Hall–Kier alpha value is -1.91. The van der Waals surface area contributed by atoms with Crippen LogP contribution in [0.2, 0.25) is 0 Å². The van der Waals surface area contributed by atoms with Crippen LogP contribution in [0.1, 0.15) is 103 Å². The summed E-state index contributed by atoms with van der Waals surface area (Å²) in [7, 11) is 0. The molecule has 1 aromatic rings. The van der Waals surface area contributed by atoms with Crippen LogP contribution in [0.5, 0.6) is 17.2 Å². The van der Waals surface area contributed by atoms with E-state index in [9.17, 15) is 25.2 Å². The second kappa shape index (κ2) is 10.4. The molecule has 0 unspecified atom stereocenters. The lowest BCUT2D eigenvalue weighted by molar-refractivity contribution is -0.143. The second-order valence-electron chi connectivity index (χ2n) is 10.3. The minimum Gasteiger partial charge on any atom is -0.508 e. The fourth-order valence-corrected chi connectivity index (χ4v) is 4.26. The van der Waals surface area contributed by atoms with Gasteiger partial charge in [0.15, 0.2) is 11.5 Å². The van der Waals surface area contributed by atoms with Gasteiger partial charge in [0.25, 0.3) is 0 Å². The van der Waals surface area contributed by atoms with Crippen molar-refractivity contribution in [2.24, 2.45) is 10.8 Å². The Balaban J connectivity index is 1.84. The topological polar surface area (TPSA) is 98.0 Å². The van der Waals surface area contributed by atoms with Crippen molar-refractivity contribution in [2.45, 2.75) is 104 Å². The van der Waals surface area contributed by atoms with E-state index in [0.29, 0.717) is 30.2 Å². The quantitative estimate of drug-likeness (QED) is 0.170. The molecule has 1 aliphatic carbocycles. The van der Waals surface area contributed by atoms with Crippen molar-refractivity contribution in [3.63, 3.8) is 0 Å². The van der Waals surface area contributed by atoms with Crippen molar-refractivity contribution < 1.29 is 25.2 Å². The molecule has 0 saturated heterocycles. The van der Waals surface area contributed by atoms with Crippen LogP contribution in [0, 0.1) is 10.8 Å². The zero-order chi connectivity index (χ0) is 22.4. The van der Waals surface area contributed by atoms with Crippen LogP contribution in [0.25, 0.3) is 0 Å². The molecule has 5 heteroatoms. The van der Waals surface area contributed by atoms with E-state index in [0.717, 1.165) is 56.9 Å². The van der Waals surface area contributed by atoms with Gasteiger partial charge in [-0.3, -0.25) is 4.79 Å². The zero-order valence-corrected chi connectivity index (χ0v) is 19.0. The van der Waals surface area contributed by atoms with Gasteiger partial charge in [-0.15, -0.1) is 0 Å². The summed E-state index contributed by atoms with van der Waals surface area (Å²) in [6, 6.07) is 1.23. The van der Waals surface area contributed by atoms with Gasteiger partial charge in [0.05, 0.1) is 5.41 Å². The summed E-state index contributed by atoms with van der Waals surface area (Å²) in [4.78, 5) is 11.3. The van der Waals surface area contributed by atoms with Gasteiger partial charge in [0.1, 0.15) is 5.75 Å². The van der Waals surface area contributed by atoms with Gasteiger partial charge in [-0.05, 0) is 56.8 Å². The number of aliphatic carboxylic acids is 1. The van der Waals surface area contributed by atoms with Crippen LogP contribution in [-0.4, -0.2) is 26.4 Å². The number of phenols is 3. The van der Waals surface area contributed by atoms with Crippen molar-refractivity contribution in [1.82, 2.24) is 0 Å². The number of carboxylic acids is 1. The van der Waals surface area contributed by atoms with Gasteiger partial charge >= 0.3 is 5.97 Å². The Labute approximate surface area is 181 Å². The van der Waals surface area contributed by atoms with E-state index in [-0.39, 0.29) is 17.2 Å². The Morgan fingerprint density at radius 1 is 0.867 bits per heavy atom. The summed E-state index contributed by atoms with van der Waals surface area (Å²) < 4.78 is 0. The SMILES string of the molecule is CC(C)(C)CCCCCCc1c(O)cc(O)c(O)c1CCCCCC1(C(=O)O)CC1. The third kappa shape index (κ3) is 7.10. The fourth-order valence-electron chi connectivity index (χ4n) is 4.26. The molecule has 30 heavy (non-hydrogen) atoms. The van der Waals surface area contributed by atoms with E-state index in [1.54, 1.807) is 0 Å². The van der Waals surface area contributed by atoms with Gasteiger partial charge in [-0.25, -0.2) is 0 Å². The summed E-state index contributed by atoms with van der Waals surface area (Å²) in [5.41, 5.74) is 1.26. The zero-order valence-electron chi connectivity index (χ0n) is 19.0. The van der Waals surface area contributed by atoms with E-state index in [4.69, 9.17) is 0 Å². The molecule has 4 N–H and O–H groups in total. The van der Waals surface area contributed by atoms with E-state index >= 15 is 0 Å². The summed E-state index contributed by atoms with van der Waals surface area (Å²) >= 11 is 0.